The smallest absolute Gasteiger partial charge is 0.408 e. The molecule has 1 aliphatic rings. The largest absolute Gasteiger partial charge is 0.481 e. The van der Waals surface area contributed by atoms with E-state index >= 15 is 0 Å². The molecule has 0 spiro atoms. The molecule has 0 aromatic carbocycles. The summed E-state index contributed by atoms with van der Waals surface area (Å²) in [6, 6.07) is -7.08. The van der Waals surface area contributed by atoms with E-state index in [1.165, 1.54) is 4.57 Å². The number of H-pyrrole nitrogens is 1. The average molecular weight is 942 g/mol. The molecule has 1 aliphatic heterocycles. The number of nitrogens with zero attached hydrogens (tertiary/aromatic N) is 3. The SMILES string of the molecule is CC(C)C(=O)Nc1nc2c(ncn2[C@H]2C[C@H](OC(=O)NC(CCC(=O)O)C(=O)NC(CCC(=O)O)C(=O)O)[C@@H](COC(=O)NC(CCC(=O)O)C(=O)NC(CCC(=O)O)C(=O)O)O2)c(=O)[nH]1. The number of imidazole rings is 1. The number of carboxylic acid groups (broad SMARTS) is 6. The van der Waals surface area contributed by atoms with Crippen LogP contribution in [0.15, 0.2) is 11.1 Å². The number of hydrogen-bond acceptors (Lipinski definition) is 17. The van der Waals surface area contributed by atoms with Crippen molar-refractivity contribution in [3.63, 3.8) is 0 Å². The molecule has 5 amide bonds. The van der Waals surface area contributed by atoms with Crippen molar-refractivity contribution in [2.24, 2.45) is 5.92 Å². The Morgan fingerprint density at radius 3 is 1.64 bits per heavy atom. The lowest BCUT2D eigenvalue weighted by Crippen LogP contribution is -2.52. The molecule has 12 N–H and O–H groups in total. The van der Waals surface area contributed by atoms with Crippen LogP contribution < -0.4 is 32.1 Å². The minimum Gasteiger partial charge on any atom is -0.481 e. The van der Waals surface area contributed by atoms with Crippen LogP contribution in [0, 0.1) is 5.92 Å². The number of ether oxygens (including phenoxy) is 3. The fraction of sp³-hybridized carbons (Fsp3) is 0.556. The van der Waals surface area contributed by atoms with Gasteiger partial charge in [-0.05, 0) is 25.7 Å². The Balaban J connectivity index is 1.92. The van der Waals surface area contributed by atoms with Crippen LogP contribution in [0.4, 0.5) is 15.5 Å². The number of rotatable bonds is 26. The standard InChI is InChI=1S/C36H47N9O21/c1-14(2)28(54)43-34-42-27-26(31(57)44-34)37-13-45(27)21-11-19(66-36(63)41-16(4-8-23(48)49)30(56)39-18(33(60)61)6-10-25(52)53)20(65-21)12-64-35(62)40-15(3-7-22(46)47)29(55)38-17(32(58)59)5-9-24(50)51/h13-21H,3-12H2,1-2H3,(H,38,55)(H,39,56)(H,40,62)(H,41,63)(H,46,47)(H,48,49)(H,50,51)(H,52,53)(H,58,59)(H,60,61)(H2,42,43,44,54,57)/t15?,16?,17?,18?,19-,20+,21+/m0/s1. The summed E-state index contributed by atoms with van der Waals surface area (Å²) in [4.78, 5) is 157. The zero-order valence-corrected chi connectivity index (χ0v) is 34.9. The lowest BCUT2D eigenvalue weighted by atomic mass is 10.1. The Bertz CT molecular complexity index is 2240. The van der Waals surface area contributed by atoms with E-state index in [1.54, 1.807) is 13.8 Å². The lowest BCUT2D eigenvalue weighted by molar-refractivity contribution is -0.144. The summed E-state index contributed by atoms with van der Waals surface area (Å²) in [5.74, 6) is -12.7. The van der Waals surface area contributed by atoms with Crippen LogP contribution in [0.3, 0.4) is 0 Å². The van der Waals surface area contributed by atoms with Gasteiger partial charge in [0.15, 0.2) is 11.2 Å². The van der Waals surface area contributed by atoms with Gasteiger partial charge in [0.05, 0.1) is 6.33 Å². The van der Waals surface area contributed by atoms with Crippen molar-refractivity contribution < 1.29 is 97.6 Å². The lowest BCUT2D eigenvalue weighted by Gasteiger charge is -2.23. The van der Waals surface area contributed by atoms with Crippen molar-refractivity contribution in [2.75, 3.05) is 11.9 Å². The fourth-order valence-electron chi connectivity index (χ4n) is 5.93. The second-order valence-electron chi connectivity index (χ2n) is 14.7. The second-order valence-corrected chi connectivity index (χ2v) is 14.7. The highest BCUT2D eigenvalue weighted by molar-refractivity contribution is 5.92. The van der Waals surface area contributed by atoms with E-state index < -0.39 is 178 Å². The number of aliphatic carboxylic acids is 6. The summed E-state index contributed by atoms with van der Waals surface area (Å²) in [6.45, 7) is 2.29. The second kappa shape index (κ2) is 24.2. The summed E-state index contributed by atoms with van der Waals surface area (Å²) in [7, 11) is 0. The molecule has 7 atom stereocenters. The summed E-state index contributed by atoms with van der Waals surface area (Å²) in [6.07, 6.45) is -11.7. The maximum absolute atomic E-state index is 13.4. The van der Waals surface area contributed by atoms with Crippen LogP contribution in [0.1, 0.15) is 77.9 Å². The Morgan fingerprint density at radius 1 is 0.712 bits per heavy atom. The van der Waals surface area contributed by atoms with Gasteiger partial charge < -0.3 is 66.1 Å². The number of carbonyl (C=O) groups excluding carboxylic acids is 5. The molecule has 1 saturated heterocycles. The monoisotopic (exact) mass is 941 g/mol. The normalized spacial score (nSPS) is 17.3. The van der Waals surface area contributed by atoms with Crippen LogP contribution in [0.25, 0.3) is 11.2 Å². The third-order valence-electron chi connectivity index (χ3n) is 9.36. The van der Waals surface area contributed by atoms with Gasteiger partial charge in [-0.1, -0.05) is 13.8 Å². The Labute approximate surface area is 369 Å². The van der Waals surface area contributed by atoms with Gasteiger partial charge in [0, 0.05) is 38.0 Å². The zero-order valence-electron chi connectivity index (χ0n) is 34.9. The van der Waals surface area contributed by atoms with Gasteiger partial charge in [-0.25, -0.2) is 24.2 Å². The van der Waals surface area contributed by atoms with Crippen molar-refractivity contribution in [2.45, 2.75) is 114 Å². The average Bonchev–Trinajstić information content (AvgIpc) is 3.83. The first kappa shape index (κ1) is 52.4. The molecule has 0 saturated carbocycles. The number of nitrogens with one attached hydrogen (secondary N) is 6. The number of aromatic nitrogens is 4. The first-order valence-electron chi connectivity index (χ1n) is 19.7. The molecule has 3 heterocycles. The molecule has 362 valence electrons. The van der Waals surface area contributed by atoms with Crippen molar-refractivity contribution in [1.82, 2.24) is 40.8 Å². The number of alkyl carbamates (subject to hydrolysis) is 2. The molecule has 66 heavy (non-hydrogen) atoms. The Hall–Kier alpha value is -7.92. The maximum Gasteiger partial charge on any atom is 0.408 e. The molecule has 3 rings (SSSR count). The molecule has 1 fully saturated rings. The van der Waals surface area contributed by atoms with Gasteiger partial charge in [-0.3, -0.25) is 53.2 Å². The van der Waals surface area contributed by atoms with E-state index in [0.717, 1.165) is 6.33 Å². The first-order chi connectivity index (χ1) is 30.9. The topological polar surface area (TPSA) is 461 Å². The highest BCUT2D eigenvalue weighted by Gasteiger charge is 2.42. The van der Waals surface area contributed by atoms with Gasteiger partial charge in [0.1, 0.15) is 49.2 Å². The van der Waals surface area contributed by atoms with Gasteiger partial charge in [0.2, 0.25) is 23.7 Å². The molecule has 0 aliphatic carbocycles. The summed E-state index contributed by atoms with van der Waals surface area (Å²) in [5, 5.41) is 66.0. The van der Waals surface area contributed by atoms with E-state index in [4.69, 9.17) is 24.4 Å². The third-order valence-corrected chi connectivity index (χ3v) is 9.36. The highest BCUT2D eigenvalue weighted by atomic mass is 16.6. The highest BCUT2D eigenvalue weighted by Crippen LogP contribution is 2.33. The first-order valence-corrected chi connectivity index (χ1v) is 19.7. The number of amides is 5. The number of carbonyl (C=O) groups is 11. The quantitative estimate of drug-likeness (QED) is 0.0493. The molecule has 4 unspecified atom stereocenters. The zero-order chi connectivity index (χ0) is 49.4. The molecule has 2 aromatic heterocycles. The minimum atomic E-state index is -1.79. The van der Waals surface area contributed by atoms with Crippen molar-refractivity contribution in [3.05, 3.63) is 16.7 Å². The Kier molecular flexibility index (Phi) is 19.2. The van der Waals surface area contributed by atoms with E-state index in [9.17, 15) is 78.0 Å². The molecule has 0 radical (unpaired) electrons. The van der Waals surface area contributed by atoms with Gasteiger partial charge in [-0.2, -0.15) is 4.98 Å². The fourth-order valence-corrected chi connectivity index (χ4v) is 5.93. The molecule has 2 aromatic rings. The van der Waals surface area contributed by atoms with Crippen molar-refractivity contribution >= 4 is 82.8 Å². The van der Waals surface area contributed by atoms with Crippen molar-refractivity contribution in [1.29, 1.82) is 0 Å². The van der Waals surface area contributed by atoms with E-state index in [0.29, 0.717) is 0 Å². The number of fused-ring (bicyclic) bond motifs is 1. The van der Waals surface area contributed by atoms with Gasteiger partial charge >= 0.3 is 48.0 Å². The van der Waals surface area contributed by atoms with Gasteiger partial charge in [-0.15, -0.1) is 0 Å². The van der Waals surface area contributed by atoms with E-state index in [1.807, 2.05) is 10.6 Å². The minimum absolute atomic E-state index is 0.165. The predicted octanol–water partition coefficient (Wildman–Crippen LogP) is -1.84. The van der Waals surface area contributed by atoms with Crippen LogP contribution >= 0.6 is 0 Å². The summed E-state index contributed by atoms with van der Waals surface area (Å²) < 4.78 is 18.0. The van der Waals surface area contributed by atoms with E-state index in [-0.39, 0.29) is 23.5 Å². The predicted molar refractivity (Wildman–Crippen MR) is 212 cm³/mol. The van der Waals surface area contributed by atoms with Crippen LogP contribution in [0.2, 0.25) is 0 Å². The molecular formula is C36H47N9O21. The molecule has 30 nitrogen and oxygen atoms in total. The molecule has 0 bridgehead atoms. The summed E-state index contributed by atoms with van der Waals surface area (Å²) >= 11 is 0. The number of anilines is 1. The Morgan fingerprint density at radius 2 is 1.18 bits per heavy atom. The molecular weight excluding hydrogens is 894 g/mol. The van der Waals surface area contributed by atoms with E-state index in [2.05, 4.69) is 30.9 Å². The summed E-state index contributed by atoms with van der Waals surface area (Å²) in [5.41, 5.74) is -1.21. The van der Waals surface area contributed by atoms with Gasteiger partial charge in [0.25, 0.3) is 5.56 Å². The van der Waals surface area contributed by atoms with Crippen LogP contribution in [0.5, 0.6) is 0 Å². The number of carboxylic acids is 6. The maximum atomic E-state index is 13.4. The van der Waals surface area contributed by atoms with Crippen molar-refractivity contribution in [3.8, 4) is 0 Å². The third kappa shape index (κ3) is 16.3. The van der Waals surface area contributed by atoms with Crippen LogP contribution in [-0.2, 0) is 57.4 Å². The number of aromatic amines is 1. The number of hydrogen-bond donors (Lipinski definition) is 12. The van der Waals surface area contributed by atoms with Crippen LogP contribution in [-0.4, -0.2) is 159 Å². The molecule has 30 heteroatoms.